The molecule has 98 valence electrons. The second-order valence-electron chi connectivity index (χ2n) is 4.22. The van der Waals surface area contributed by atoms with Crippen molar-refractivity contribution in [2.45, 2.75) is 19.4 Å². The number of benzene rings is 1. The van der Waals surface area contributed by atoms with Gasteiger partial charge in [-0.05, 0) is 38.1 Å². The Kier molecular flexibility index (Phi) is 4.25. The highest BCUT2D eigenvalue weighted by atomic mass is 19.1. The predicted octanol–water partition coefficient (Wildman–Crippen LogP) is 1.18. The summed E-state index contributed by atoms with van der Waals surface area (Å²) in [4.78, 5) is 22.2. The summed E-state index contributed by atoms with van der Waals surface area (Å²) in [5.41, 5.74) is -1.36. The first kappa shape index (κ1) is 14.0. The van der Waals surface area contributed by atoms with E-state index in [1.165, 1.54) is 38.1 Å². The molecule has 0 saturated heterocycles. The Hall–Kier alpha value is -2.11. The van der Waals surface area contributed by atoms with Crippen molar-refractivity contribution in [2.75, 3.05) is 6.61 Å². The van der Waals surface area contributed by atoms with Gasteiger partial charge in [0.2, 0.25) is 0 Å². The summed E-state index contributed by atoms with van der Waals surface area (Å²) in [6.07, 6.45) is 0. The number of hydrogen-bond donors (Lipinski definition) is 2. The smallest absolute Gasteiger partial charge is 0.328 e. The predicted molar refractivity (Wildman–Crippen MR) is 61.8 cm³/mol. The molecule has 0 atom stereocenters. The molecule has 1 rings (SSSR count). The van der Waals surface area contributed by atoms with Crippen molar-refractivity contribution >= 4 is 11.9 Å². The molecule has 0 aliphatic heterocycles. The van der Waals surface area contributed by atoms with Crippen molar-refractivity contribution in [1.82, 2.24) is 5.32 Å². The van der Waals surface area contributed by atoms with Gasteiger partial charge in [0.05, 0.1) is 0 Å². The lowest BCUT2D eigenvalue weighted by atomic mass is 10.1. The van der Waals surface area contributed by atoms with Gasteiger partial charge in [0.15, 0.2) is 6.61 Å². The molecule has 0 heterocycles. The van der Waals surface area contributed by atoms with Crippen LogP contribution in [0.15, 0.2) is 24.3 Å². The number of carbonyl (C=O) groups excluding carboxylic acids is 1. The lowest BCUT2D eigenvalue weighted by molar-refractivity contribution is -0.146. The average molecular weight is 255 g/mol. The zero-order valence-electron chi connectivity index (χ0n) is 10.1. The zero-order chi connectivity index (χ0) is 13.8. The van der Waals surface area contributed by atoms with Gasteiger partial charge >= 0.3 is 5.97 Å². The largest absolute Gasteiger partial charge is 0.484 e. The fourth-order valence-electron chi connectivity index (χ4n) is 1.12. The van der Waals surface area contributed by atoms with Crippen LogP contribution in [0.1, 0.15) is 13.8 Å². The molecule has 0 aliphatic carbocycles. The number of halogens is 1. The minimum Gasteiger partial charge on any atom is -0.484 e. The summed E-state index contributed by atoms with van der Waals surface area (Å²) in [6.45, 7) is 2.40. The Morgan fingerprint density at radius 1 is 1.33 bits per heavy atom. The van der Waals surface area contributed by atoms with Crippen molar-refractivity contribution in [2.24, 2.45) is 0 Å². The van der Waals surface area contributed by atoms with Crippen LogP contribution in [0.2, 0.25) is 0 Å². The van der Waals surface area contributed by atoms with Crippen LogP contribution in [0.4, 0.5) is 4.39 Å². The number of nitrogens with one attached hydrogen (secondary N) is 1. The third-order valence-corrected chi connectivity index (χ3v) is 2.17. The van der Waals surface area contributed by atoms with Gasteiger partial charge in [-0.2, -0.15) is 0 Å². The van der Waals surface area contributed by atoms with Crippen LogP contribution in [0.25, 0.3) is 0 Å². The van der Waals surface area contributed by atoms with Gasteiger partial charge in [-0.25, -0.2) is 9.18 Å². The molecular weight excluding hydrogens is 241 g/mol. The minimum absolute atomic E-state index is 0.331. The van der Waals surface area contributed by atoms with E-state index < -0.39 is 23.2 Å². The fraction of sp³-hybridized carbons (Fsp3) is 0.333. The molecule has 0 saturated carbocycles. The second-order valence-corrected chi connectivity index (χ2v) is 4.22. The highest BCUT2D eigenvalue weighted by Crippen LogP contribution is 2.11. The zero-order valence-corrected chi connectivity index (χ0v) is 10.1. The Morgan fingerprint density at radius 2 is 1.89 bits per heavy atom. The summed E-state index contributed by atoms with van der Waals surface area (Å²) in [5.74, 6) is -1.78. The van der Waals surface area contributed by atoms with E-state index in [4.69, 9.17) is 9.84 Å². The van der Waals surface area contributed by atoms with Gasteiger partial charge in [0.25, 0.3) is 5.91 Å². The van der Waals surface area contributed by atoms with Gasteiger partial charge in [0.1, 0.15) is 17.1 Å². The number of rotatable bonds is 5. The molecule has 0 bridgehead atoms. The Labute approximate surface area is 104 Å². The summed E-state index contributed by atoms with van der Waals surface area (Å²) in [5, 5.41) is 11.1. The summed E-state index contributed by atoms with van der Waals surface area (Å²) >= 11 is 0. The number of hydrogen-bond acceptors (Lipinski definition) is 3. The van der Waals surface area contributed by atoms with E-state index in [9.17, 15) is 14.0 Å². The van der Waals surface area contributed by atoms with Gasteiger partial charge in [-0.15, -0.1) is 0 Å². The molecule has 5 nitrogen and oxygen atoms in total. The molecule has 0 aromatic heterocycles. The number of carboxylic acid groups (broad SMARTS) is 1. The second kappa shape index (κ2) is 5.48. The molecule has 2 N–H and O–H groups in total. The van der Waals surface area contributed by atoms with E-state index in [0.29, 0.717) is 5.75 Å². The Bertz CT molecular complexity index is 442. The number of carboxylic acids is 1. The van der Waals surface area contributed by atoms with Crippen molar-refractivity contribution < 1.29 is 23.8 Å². The summed E-state index contributed by atoms with van der Waals surface area (Å²) < 4.78 is 17.7. The van der Waals surface area contributed by atoms with Crippen LogP contribution in [0.3, 0.4) is 0 Å². The average Bonchev–Trinajstić information content (AvgIpc) is 2.27. The molecule has 18 heavy (non-hydrogen) atoms. The molecule has 0 aliphatic rings. The van der Waals surface area contributed by atoms with E-state index in [1.54, 1.807) is 0 Å². The topological polar surface area (TPSA) is 75.6 Å². The van der Waals surface area contributed by atoms with E-state index in [1.807, 2.05) is 0 Å². The van der Waals surface area contributed by atoms with Crippen LogP contribution in [-0.4, -0.2) is 29.1 Å². The Morgan fingerprint density at radius 3 is 2.39 bits per heavy atom. The molecule has 1 aromatic rings. The van der Waals surface area contributed by atoms with Gasteiger partial charge < -0.3 is 15.2 Å². The van der Waals surface area contributed by atoms with E-state index in [-0.39, 0.29) is 6.61 Å². The van der Waals surface area contributed by atoms with Crippen molar-refractivity contribution in [1.29, 1.82) is 0 Å². The highest BCUT2D eigenvalue weighted by molar-refractivity contribution is 5.86. The van der Waals surface area contributed by atoms with E-state index in [2.05, 4.69) is 5.32 Å². The van der Waals surface area contributed by atoms with Crippen molar-refractivity contribution in [3.05, 3.63) is 30.1 Å². The maximum Gasteiger partial charge on any atom is 0.328 e. The quantitative estimate of drug-likeness (QED) is 0.828. The maximum atomic E-state index is 12.6. The number of amides is 1. The van der Waals surface area contributed by atoms with Crippen LogP contribution >= 0.6 is 0 Å². The van der Waals surface area contributed by atoms with Gasteiger partial charge in [-0.3, -0.25) is 4.79 Å². The Balaban J connectivity index is 2.47. The molecule has 1 amide bonds. The lowest BCUT2D eigenvalue weighted by Crippen LogP contribution is -2.51. The van der Waals surface area contributed by atoms with Crippen molar-refractivity contribution in [3.8, 4) is 5.75 Å². The fourth-order valence-corrected chi connectivity index (χ4v) is 1.12. The molecule has 0 fully saturated rings. The summed E-state index contributed by atoms with van der Waals surface area (Å²) in [6, 6.07) is 5.17. The third kappa shape index (κ3) is 4.04. The highest BCUT2D eigenvalue weighted by Gasteiger charge is 2.28. The van der Waals surface area contributed by atoms with Crippen LogP contribution in [0.5, 0.6) is 5.75 Å². The maximum absolute atomic E-state index is 12.6. The van der Waals surface area contributed by atoms with Crippen LogP contribution < -0.4 is 10.1 Å². The SMILES string of the molecule is CC(C)(NC(=O)COc1ccc(F)cc1)C(=O)O. The first-order valence-electron chi connectivity index (χ1n) is 5.24. The first-order chi connectivity index (χ1) is 8.31. The lowest BCUT2D eigenvalue weighted by Gasteiger charge is -2.20. The van der Waals surface area contributed by atoms with E-state index in [0.717, 1.165) is 0 Å². The molecule has 0 unspecified atom stereocenters. The number of aliphatic carboxylic acids is 1. The van der Waals surface area contributed by atoms with E-state index >= 15 is 0 Å². The molecule has 0 radical (unpaired) electrons. The standard InChI is InChI=1S/C12H14FNO4/c1-12(2,11(16)17)14-10(15)7-18-9-5-3-8(13)4-6-9/h3-6H,7H2,1-2H3,(H,14,15)(H,16,17). The van der Waals surface area contributed by atoms with Gasteiger partial charge in [-0.1, -0.05) is 0 Å². The van der Waals surface area contributed by atoms with Gasteiger partial charge in [0, 0.05) is 0 Å². The minimum atomic E-state index is -1.36. The molecule has 1 aromatic carbocycles. The first-order valence-corrected chi connectivity index (χ1v) is 5.24. The molecule has 0 spiro atoms. The van der Waals surface area contributed by atoms with Crippen LogP contribution in [-0.2, 0) is 9.59 Å². The number of carbonyl (C=O) groups is 2. The van der Waals surface area contributed by atoms with Crippen molar-refractivity contribution in [3.63, 3.8) is 0 Å². The molecule has 6 heteroatoms. The normalized spacial score (nSPS) is 10.8. The monoisotopic (exact) mass is 255 g/mol. The molecular formula is C12H14FNO4. The van der Waals surface area contributed by atoms with Crippen LogP contribution in [0, 0.1) is 5.82 Å². The summed E-state index contributed by atoms with van der Waals surface area (Å²) in [7, 11) is 0. The number of ether oxygens (including phenoxy) is 1. The third-order valence-electron chi connectivity index (χ3n) is 2.17.